The number of aromatic amines is 1. The number of thiophene rings is 1. The quantitative estimate of drug-likeness (QED) is 0.678. The molecule has 3 aromatic rings. The van der Waals surface area contributed by atoms with Gasteiger partial charge >= 0.3 is 6.18 Å². The lowest BCUT2D eigenvalue weighted by Gasteiger charge is -2.12. The lowest BCUT2D eigenvalue weighted by Crippen LogP contribution is -2.34. The van der Waals surface area contributed by atoms with Crippen molar-refractivity contribution in [1.82, 2.24) is 15.2 Å². The minimum absolute atomic E-state index is 0.186. The predicted molar refractivity (Wildman–Crippen MR) is 93.1 cm³/mol. The topological polar surface area (TPSA) is 41.6 Å². The molecule has 0 aliphatic carbocycles. The molecule has 126 valence electrons. The van der Waals surface area contributed by atoms with Crippen LogP contribution in [0, 0.1) is 0 Å². The van der Waals surface area contributed by atoms with Crippen molar-refractivity contribution in [2.75, 3.05) is 0 Å². The summed E-state index contributed by atoms with van der Waals surface area (Å²) in [6.45, 7) is 6.84. The second-order valence-corrected chi connectivity index (χ2v) is 13.0. The van der Waals surface area contributed by atoms with Crippen LogP contribution in [0.3, 0.4) is 0 Å². The van der Waals surface area contributed by atoms with E-state index in [2.05, 4.69) is 41.9 Å². The molecular formula is C16H16F3N3SSi. The molecule has 1 N–H and O–H groups in total. The number of nitrogens with zero attached hydrogens (tertiary/aromatic N) is 2. The molecule has 0 unspecified atom stereocenters. The van der Waals surface area contributed by atoms with Gasteiger partial charge in [0.1, 0.15) is 11.4 Å². The van der Waals surface area contributed by atoms with E-state index in [0.29, 0.717) is 5.69 Å². The third kappa shape index (κ3) is 3.44. The van der Waals surface area contributed by atoms with E-state index in [4.69, 9.17) is 0 Å². The van der Waals surface area contributed by atoms with E-state index in [9.17, 15) is 13.2 Å². The second kappa shape index (κ2) is 5.85. The van der Waals surface area contributed by atoms with Gasteiger partial charge in [0.05, 0.1) is 13.8 Å². The molecule has 0 atom stereocenters. The SMILES string of the molecule is C[Si](C)(C)c1ccc(-c2ccnc(-c3cc(C(F)(F)F)[nH]n3)c2)s1. The molecule has 3 rings (SSSR count). The maximum absolute atomic E-state index is 12.7. The Labute approximate surface area is 142 Å². The first kappa shape index (κ1) is 16.9. The third-order valence-electron chi connectivity index (χ3n) is 3.54. The van der Waals surface area contributed by atoms with Gasteiger partial charge in [-0.2, -0.15) is 18.3 Å². The lowest BCUT2D eigenvalue weighted by molar-refractivity contribution is -0.141. The number of halogens is 3. The summed E-state index contributed by atoms with van der Waals surface area (Å²) in [4.78, 5) is 5.24. The van der Waals surface area contributed by atoms with E-state index in [1.165, 1.54) is 4.50 Å². The number of rotatable bonds is 3. The first-order valence-corrected chi connectivity index (χ1v) is 11.7. The van der Waals surface area contributed by atoms with Crippen molar-refractivity contribution in [2.24, 2.45) is 0 Å². The van der Waals surface area contributed by atoms with E-state index in [1.54, 1.807) is 23.6 Å². The summed E-state index contributed by atoms with van der Waals surface area (Å²) in [5.41, 5.74) is 0.668. The molecule has 3 heterocycles. The van der Waals surface area contributed by atoms with Crippen molar-refractivity contribution in [3.63, 3.8) is 0 Å². The molecule has 3 aromatic heterocycles. The lowest BCUT2D eigenvalue weighted by atomic mass is 10.1. The average Bonchev–Trinajstić information content (AvgIpc) is 3.16. The molecule has 3 nitrogen and oxygen atoms in total. The van der Waals surface area contributed by atoms with E-state index < -0.39 is 19.9 Å². The first-order chi connectivity index (χ1) is 11.1. The van der Waals surface area contributed by atoms with Gasteiger partial charge in [0.15, 0.2) is 0 Å². The van der Waals surface area contributed by atoms with Crippen molar-refractivity contribution < 1.29 is 13.2 Å². The minimum Gasteiger partial charge on any atom is -0.273 e. The summed E-state index contributed by atoms with van der Waals surface area (Å²) < 4.78 is 39.5. The zero-order valence-electron chi connectivity index (χ0n) is 13.4. The largest absolute Gasteiger partial charge is 0.432 e. The fraction of sp³-hybridized carbons (Fsp3) is 0.250. The maximum Gasteiger partial charge on any atom is 0.432 e. The van der Waals surface area contributed by atoms with Gasteiger partial charge in [0.2, 0.25) is 0 Å². The zero-order chi connectivity index (χ0) is 17.5. The second-order valence-electron chi connectivity index (χ2n) is 6.51. The first-order valence-electron chi connectivity index (χ1n) is 7.34. The number of pyridine rings is 1. The highest BCUT2D eigenvalue weighted by atomic mass is 32.1. The number of alkyl halides is 3. The van der Waals surface area contributed by atoms with Crippen molar-refractivity contribution in [3.05, 3.63) is 42.2 Å². The summed E-state index contributed by atoms with van der Waals surface area (Å²) in [6, 6.07) is 8.82. The van der Waals surface area contributed by atoms with Gasteiger partial charge in [-0.3, -0.25) is 10.1 Å². The van der Waals surface area contributed by atoms with Crippen LogP contribution in [0.1, 0.15) is 5.69 Å². The molecule has 0 saturated carbocycles. The van der Waals surface area contributed by atoms with Crippen molar-refractivity contribution in [1.29, 1.82) is 0 Å². The number of nitrogens with one attached hydrogen (secondary N) is 1. The van der Waals surface area contributed by atoms with Crippen molar-refractivity contribution >= 4 is 23.9 Å². The fourth-order valence-corrected chi connectivity index (χ4v) is 5.11. The molecule has 0 radical (unpaired) electrons. The van der Waals surface area contributed by atoms with Gasteiger partial charge in [-0.05, 0) is 34.3 Å². The monoisotopic (exact) mass is 367 g/mol. The highest BCUT2D eigenvalue weighted by Gasteiger charge is 2.33. The summed E-state index contributed by atoms with van der Waals surface area (Å²) in [5, 5.41) is 5.76. The van der Waals surface area contributed by atoms with Crippen molar-refractivity contribution in [2.45, 2.75) is 25.8 Å². The smallest absolute Gasteiger partial charge is 0.273 e. The molecule has 0 aliphatic heterocycles. The van der Waals surface area contributed by atoms with E-state index in [-0.39, 0.29) is 5.69 Å². The Morgan fingerprint density at radius 2 is 1.79 bits per heavy atom. The average molecular weight is 367 g/mol. The Balaban J connectivity index is 1.95. The van der Waals surface area contributed by atoms with Gasteiger partial charge in [-0.25, -0.2) is 0 Å². The number of hydrogen-bond donors (Lipinski definition) is 1. The summed E-state index contributed by atoms with van der Waals surface area (Å²) in [6.07, 6.45) is -2.84. The predicted octanol–water partition coefficient (Wildman–Crippen LogP) is 4.76. The highest BCUT2D eigenvalue weighted by molar-refractivity contribution is 7.28. The van der Waals surface area contributed by atoms with Crippen LogP contribution in [0.2, 0.25) is 19.6 Å². The summed E-state index contributed by atoms with van der Waals surface area (Å²) >= 11 is 1.73. The molecule has 8 heteroatoms. The van der Waals surface area contributed by atoms with E-state index in [1.807, 2.05) is 11.2 Å². The van der Waals surface area contributed by atoms with Crippen LogP contribution in [-0.4, -0.2) is 23.3 Å². The Hall–Kier alpha value is -1.93. The van der Waals surface area contributed by atoms with Crippen LogP contribution in [-0.2, 0) is 6.18 Å². The normalized spacial score (nSPS) is 12.6. The summed E-state index contributed by atoms with van der Waals surface area (Å²) in [7, 11) is -1.38. The van der Waals surface area contributed by atoms with Gasteiger partial charge in [-0.1, -0.05) is 25.7 Å². The molecular weight excluding hydrogens is 351 g/mol. The molecule has 0 aromatic carbocycles. The molecule has 0 saturated heterocycles. The third-order valence-corrected chi connectivity index (χ3v) is 8.27. The number of aromatic nitrogens is 3. The number of H-pyrrole nitrogens is 1. The van der Waals surface area contributed by atoms with Crippen LogP contribution in [0.4, 0.5) is 13.2 Å². The summed E-state index contributed by atoms with van der Waals surface area (Å²) in [5.74, 6) is 0. The Morgan fingerprint density at radius 3 is 2.38 bits per heavy atom. The van der Waals surface area contributed by atoms with E-state index in [0.717, 1.165) is 16.5 Å². The molecule has 0 amide bonds. The molecule has 0 fully saturated rings. The maximum atomic E-state index is 12.7. The van der Waals surface area contributed by atoms with Crippen LogP contribution in [0.15, 0.2) is 36.5 Å². The van der Waals surface area contributed by atoms with Crippen molar-refractivity contribution in [3.8, 4) is 21.8 Å². The highest BCUT2D eigenvalue weighted by Crippen LogP contribution is 2.31. The van der Waals surface area contributed by atoms with Gasteiger partial charge in [0.25, 0.3) is 0 Å². The van der Waals surface area contributed by atoms with Gasteiger partial charge in [-0.15, -0.1) is 11.3 Å². The molecule has 0 bridgehead atoms. The standard InChI is InChI=1S/C16H16F3N3SSi/c1-24(2,3)15-5-4-13(23-15)10-6-7-20-11(8-10)12-9-14(22-21-12)16(17,18)19/h4-9H,1-3H3,(H,21,22). The molecule has 0 spiro atoms. The Morgan fingerprint density at radius 1 is 1.04 bits per heavy atom. The van der Waals surface area contributed by atoms with E-state index >= 15 is 0 Å². The van der Waals surface area contributed by atoms with Crippen LogP contribution in [0.5, 0.6) is 0 Å². The van der Waals surface area contributed by atoms with Crippen LogP contribution < -0.4 is 4.50 Å². The Bertz CT molecular complexity index is 794. The van der Waals surface area contributed by atoms with Gasteiger partial charge < -0.3 is 0 Å². The molecule has 0 aliphatic rings. The van der Waals surface area contributed by atoms with Crippen LogP contribution >= 0.6 is 11.3 Å². The molecule has 24 heavy (non-hydrogen) atoms. The van der Waals surface area contributed by atoms with Gasteiger partial charge in [0, 0.05) is 11.1 Å². The van der Waals surface area contributed by atoms with Crippen LogP contribution in [0.25, 0.3) is 21.8 Å². The fourth-order valence-electron chi connectivity index (χ4n) is 2.22. The number of hydrogen-bond acceptors (Lipinski definition) is 3. The minimum atomic E-state index is -4.44. The zero-order valence-corrected chi connectivity index (χ0v) is 15.2. The Kier molecular flexibility index (Phi) is 4.12.